The lowest BCUT2D eigenvalue weighted by molar-refractivity contribution is -0.121. The highest BCUT2D eigenvalue weighted by molar-refractivity contribution is 7.89. The van der Waals surface area contributed by atoms with Gasteiger partial charge in [0.05, 0.1) is 17.5 Å². The summed E-state index contributed by atoms with van der Waals surface area (Å²) < 4.78 is 34.0. The van der Waals surface area contributed by atoms with Crippen molar-refractivity contribution in [2.45, 2.75) is 51.2 Å². The monoisotopic (exact) mass is 430 g/mol. The molecule has 30 heavy (non-hydrogen) atoms. The number of nitrogens with zero attached hydrogens (tertiary/aromatic N) is 1. The van der Waals surface area contributed by atoms with Crippen molar-refractivity contribution in [3.05, 3.63) is 64.7 Å². The largest absolute Gasteiger partial charge is 0.376 e. The molecule has 1 saturated heterocycles. The quantitative estimate of drug-likeness (QED) is 0.698. The van der Waals surface area contributed by atoms with Gasteiger partial charge in [-0.2, -0.15) is 4.31 Å². The lowest BCUT2D eigenvalue weighted by atomic mass is 10.1. The van der Waals surface area contributed by atoms with Crippen LogP contribution in [0, 0.1) is 20.8 Å². The number of hydrogen-bond acceptors (Lipinski definition) is 4. The van der Waals surface area contributed by atoms with Crippen LogP contribution in [0.1, 0.15) is 35.1 Å². The molecule has 3 rings (SSSR count). The highest BCUT2D eigenvalue weighted by atomic mass is 32.2. The first-order valence-corrected chi connectivity index (χ1v) is 11.7. The summed E-state index contributed by atoms with van der Waals surface area (Å²) in [6.45, 7) is 6.54. The average Bonchev–Trinajstić information content (AvgIpc) is 3.19. The molecule has 0 saturated carbocycles. The highest BCUT2D eigenvalue weighted by Gasteiger charge is 2.30. The fourth-order valence-electron chi connectivity index (χ4n) is 3.96. The van der Waals surface area contributed by atoms with E-state index in [4.69, 9.17) is 4.74 Å². The Hall–Kier alpha value is -2.22. The van der Waals surface area contributed by atoms with Crippen LogP contribution in [0.25, 0.3) is 0 Å². The van der Waals surface area contributed by atoms with Gasteiger partial charge in [0, 0.05) is 19.7 Å². The van der Waals surface area contributed by atoms with Crippen LogP contribution >= 0.6 is 0 Å². The number of benzene rings is 2. The van der Waals surface area contributed by atoms with Gasteiger partial charge in [-0.15, -0.1) is 0 Å². The molecule has 0 spiro atoms. The molecule has 1 aliphatic rings. The Morgan fingerprint density at radius 2 is 1.80 bits per heavy atom. The molecule has 6 nitrogen and oxygen atoms in total. The van der Waals surface area contributed by atoms with Crippen molar-refractivity contribution in [3.8, 4) is 0 Å². The summed E-state index contributed by atoms with van der Waals surface area (Å²) >= 11 is 0. The third-order valence-corrected chi connectivity index (χ3v) is 7.37. The minimum atomic E-state index is -3.87. The van der Waals surface area contributed by atoms with E-state index in [-0.39, 0.29) is 30.0 Å². The molecule has 0 radical (unpaired) electrons. The van der Waals surface area contributed by atoms with Crippen LogP contribution in [0.5, 0.6) is 0 Å². The van der Waals surface area contributed by atoms with Crippen molar-refractivity contribution in [3.63, 3.8) is 0 Å². The minimum absolute atomic E-state index is 0.00900. The topological polar surface area (TPSA) is 75.7 Å². The third-order valence-electron chi connectivity index (χ3n) is 5.28. The maximum Gasteiger partial charge on any atom is 0.244 e. The first-order valence-electron chi connectivity index (χ1n) is 10.3. The number of ether oxygens (including phenoxy) is 1. The molecule has 1 N–H and O–H groups in total. The number of hydrogen-bond donors (Lipinski definition) is 1. The molecule has 1 aliphatic heterocycles. The summed E-state index contributed by atoms with van der Waals surface area (Å²) in [6.07, 6.45) is 1.91. The van der Waals surface area contributed by atoms with Crippen LogP contribution in [-0.4, -0.2) is 44.4 Å². The number of amides is 1. The Morgan fingerprint density at radius 3 is 2.40 bits per heavy atom. The molecule has 0 bridgehead atoms. The zero-order valence-electron chi connectivity index (χ0n) is 17.8. The number of carbonyl (C=O) groups excluding carboxylic acids is 1. The van der Waals surface area contributed by atoms with Gasteiger partial charge in [-0.05, 0) is 50.3 Å². The first-order chi connectivity index (χ1) is 14.3. The van der Waals surface area contributed by atoms with Crippen LogP contribution in [0.2, 0.25) is 0 Å². The second-order valence-corrected chi connectivity index (χ2v) is 9.80. The van der Waals surface area contributed by atoms with Gasteiger partial charge in [0.25, 0.3) is 0 Å². The Morgan fingerprint density at radius 1 is 1.13 bits per heavy atom. The van der Waals surface area contributed by atoms with Crippen molar-refractivity contribution in [1.29, 1.82) is 0 Å². The number of carbonyl (C=O) groups is 1. The summed E-state index contributed by atoms with van der Waals surface area (Å²) in [5.41, 5.74) is 3.21. The summed E-state index contributed by atoms with van der Waals surface area (Å²) in [5.74, 6) is -0.326. The predicted octanol–water partition coefficient (Wildman–Crippen LogP) is 3.10. The third kappa shape index (κ3) is 5.47. The van der Waals surface area contributed by atoms with E-state index in [2.05, 4.69) is 5.32 Å². The highest BCUT2D eigenvalue weighted by Crippen LogP contribution is 2.26. The normalized spacial score (nSPS) is 16.7. The van der Waals surface area contributed by atoms with Crippen molar-refractivity contribution in [1.82, 2.24) is 9.62 Å². The summed E-state index contributed by atoms with van der Waals surface area (Å²) in [6, 6.07) is 13.0. The zero-order valence-corrected chi connectivity index (χ0v) is 18.7. The number of aryl methyl sites for hydroxylation is 3. The van der Waals surface area contributed by atoms with Crippen molar-refractivity contribution in [2.75, 3.05) is 19.7 Å². The van der Waals surface area contributed by atoms with Gasteiger partial charge >= 0.3 is 0 Å². The van der Waals surface area contributed by atoms with Crippen LogP contribution in [0.4, 0.5) is 0 Å². The maximum atomic E-state index is 13.6. The average molecular weight is 431 g/mol. The Labute approximate surface area is 179 Å². The van der Waals surface area contributed by atoms with E-state index in [0.717, 1.165) is 24.0 Å². The van der Waals surface area contributed by atoms with E-state index in [0.29, 0.717) is 24.3 Å². The molecule has 1 heterocycles. The van der Waals surface area contributed by atoms with Crippen LogP contribution < -0.4 is 5.32 Å². The standard InChI is InChI=1S/C23H30N2O4S/c1-17-12-18(2)23(19(3)13-17)30(27,28)25(15-20-8-5-4-6-9-20)16-22(26)24-14-21-10-7-11-29-21/h4-6,8-9,12-13,21H,7,10-11,14-16H2,1-3H3,(H,24,26)/t21-/m1/s1. The first kappa shape index (κ1) is 22.5. The SMILES string of the molecule is Cc1cc(C)c(S(=O)(=O)N(CC(=O)NC[C@H]2CCCO2)Cc2ccccc2)c(C)c1. The molecule has 1 fully saturated rings. The fraction of sp³-hybridized carbons (Fsp3) is 0.435. The molecular formula is C23H30N2O4S. The van der Waals surface area contributed by atoms with Gasteiger partial charge in [0.1, 0.15) is 0 Å². The molecule has 0 aromatic heterocycles. The fourth-order valence-corrected chi connectivity index (χ4v) is 5.76. The van der Waals surface area contributed by atoms with E-state index in [9.17, 15) is 13.2 Å². The summed E-state index contributed by atoms with van der Waals surface area (Å²) in [7, 11) is -3.87. The van der Waals surface area contributed by atoms with Gasteiger partial charge in [0.2, 0.25) is 15.9 Å². The van der Waals surface area contributed by atoms with Gasteiger partial charge < -0.3 is 10.1 Å². The van der Waals surface area contributed by atoms with Crippen molar-refractivity contribution >= 4 is 15.9 Å². The summed E-state index contributed by atoms with van der Waals surface area (Å²) in [4.78, 5) is 12.9. The van der Waals surface area contributed by atoms with Crippen molar-refractivity contribution in [2.24, 2.45) is 0 Å². The van der Waals surface area contributed by atoms with E-state index in [1.165, 1.54) is 4.31 Å². The number of sulfonamides is 1. The smallest absolute Gasteiger partial charge is 0.244 e. The summed E-state index contributed by atoms with van der Waals surface area (Å²) in [5, 5.41) is 2.83. The van der Waals surface area contributed by atoms with Crippen LogP contribution in [-0.2, 0) is 26.1 Å². The van der Waals surface area contributed by atoms with Crippen LogP contribution in [0.15, 0.2) is 47.4 Å². The Bertz CT molecular complexity index is 961. The second-order valence-electron chi connectivity index (χ2n) is 7.93. The lowest BCUT2D eigenvalue weighted by Crippen LogP contribution is -2.42. The molecule has 7 heteroatoms. The Kier molecular flexibility index (Phi) is 7.28. The molecule has 162 valence electrons. The Balaban J connectivity index is 1.85. The molecule has 2 aromatic rings. The van der Waals surface area contributed by atoms with E-state index in [1.54, 1.807) is 13.8 Å². The lowest BCUT2D eigenvalue weighted by Gasteiger charge is -2.24. The number of rotatable bonds is 8. The van der Waals surface area contributed by atoms with Crippen molar-refractivity contribution < 1.29 is 17.9 Å². The zero-order chi connectivity index (χ0) is 21.7. The maximum absolute atomic E-state index is 13.6. The van der Waals surface area contributed by atoms with E-state index < -0.39 is 10.0 Å². The van der Waals surface area contributed by atoms with Gasteiger partial charge in [-0.25, -0.2) is 8.42 Å². The second kappa shape index (κ2) is 9.73. The predicted molar refractivity (Wildman–Crippen MR) is 117 cm³/mol. The molecule has 0 unspecified atom stereocenters. The van der Waals surface area contributed by atoms with Gasteiger partial charge in [-0.1, -0.05) is 48.0 Å². The molecule has 0 aliphatic carbocycles. The molecule has 1 amide bonds. The molecular weight excluding hydrogens is 400 g/mol. The minimum Gasteiger partial charge on any atom is -0.376 e. The molecule has 2 aromatic carbocycles. The number of nitrogens with one attached hydrogen (secondary N) is 1. The van der Waals surface area contributed by atoms with E-state index >= 15 is 0 Å². The van der Waals surface area contributed by atoms with Gasteiger partial charge in [-0.3, -0.25) is 4.79 Å². The van der Waals surface area contributed by atoms with Crippen LogP contribution in [0.3, 0.4) is 0 Å². The molecule has 1 atom stereocenters. The van der Waals surface area contributed by atoms with Gasteiger partial charge in [0.15, 0.2) is 0 Å². The van der Waals surface area contributed by atoms with E-state index in [1.807, 2.05) is 49.4 Å².